The van der Waals surface area contributed by atoms with Crippen LogP contribution in [-0.2, 0) is 11.3 Å². The van der Waals surface area contributed by atoms with Crippen molar-refractivity contribution in [3.63, 3.8) is 0 Å². The minimum atomic E-state index is -0.307. The first-order valence-corrected chi connectivity index (χ1v) is 13.2. The molecule has 0 radical (unpaired) electrons. The van der Waals surface area contributed by atoms with Crippen LogP contribution < -0.4 is 15.6 Å². The molecule has 1 saturated heterocycles. The Kier molecular flexibility index (Phi) is 7.56. The Morgan fingerprint density at radius 2 is 1.82 bits per heavy atom. The molecular weight excluding hydrogens is 500 g/mol. The molecule has 0 bridgehead atoms. The number of ketones is 1. The van der Waals surface area contributed by atoms with Gasteiger partial charge in [-0.3, -0.25) is 14.4 Å². The fourth-order valence-corrected chi connectivity index (χ4v) is 5.15. The van der Waals surface area contributed by atoms with E-state index < -0.39 is 0 Å². The number of rotatable bonds is 7. The highest BCUT2D eigenvalue weighted by Crippen LogP contribution is 2.24. The molecule has 2 aromatic heterocycles. The van der Waals surface area contributed by atoms with Gasteiger partial charge in [-0.1, -0.05) is 36.7 Å². The molecule has 38 heavy (non-hydrogen) atoms. The Morgan fingerprint density at radius 1 is 1.05 bits per heavy atom. The number of carbonyl (C=O) groups excluding carboxylic acids is 2. The topological polar surface area (TPSA) is 84.3 Å². The molecule has 0 atom stereocenters. The van der Waals surface area contributed by atoms with Crippen LogP contribution in [0.2, 0.25) is 5.02 Å². The number of para-hydroxylation sites is 1. The maximum Gasteiger partial charge on any atom is 0.253 e. The second kappa shape index (κ2) is 11.2. The first-order chi connectivity index (χ1) is 18.4. The first kappa shape index (κ1) is 25.7. The molecule has 1 amide bonds. The number of aromatic nitrogens is 2. The zero-order valence-corrected chi connectivity index (χ0v) is 21.9. The number of hydrogen-bond donors (Lipinski definition) is 1. The van der Waals surface area contributed by atoms with Gasteiger partial charge in [0.1, 0.15) is 11.6 Å². The van der Waals surface area contributed by atoms with Crippen LogP contribution in [-0.4, -0.2) is 34.3 Å². The normalized spacial score (nSPS) is 14.0. The van der Waals surface area contributed by atoms with Gasteiger partial charge in [0, 0.05) is 66.0 Å². The van der Waals surface area contributed by atoms with Crippen molar-refractivity contribution in [2.24, 2.45) is 5.92 Å². The molecule has 0 unspecified atom stereocenters. The van der Waals surface area contributed by atoms with Gasteiger partial charge in [-0.05, 0) is 55.3 Å². The molecule has 4 aromatic rings. The molecule has 8 heteroatoms. The third-order valence-corrected chi connectivity index (χ3v) is 7.38. The quantitative estimate of drug-likeness (QED) is 0.358. The number of hydrogen-bond acceptors (Lipinski definition) is 5. The lowest BCUT2D eigenvalue weighted by Crippen LogP contribution is -2.36. The van der Waals surface area contributed by atoms with Crippen LogP contribution in [0.25, 0.3) is 16.6 Å². The molecule has 2 aromatic carbocycles. The number of piperidine rings is 1. The molecule has 7 nitrogen and oxygen atoms in total. The summed E-state index contributed by atoms with van der Waals surface area (Å²) in [5, 5.41) is 3.93. The average molecular weight is 529 g/mol. The number of anilines is 1. The van der Waals surface area contributed by atoms with Gasteiger partial charge >= 0.3 is 0 Å². The predicted molar refractivity (Wildman–Crippen MR) is 150 cm³/mol. The van der Waals surface area contributed by atoms with Crippen molar-refractivity contribution in [3.8, 4) is 5.69 Å². The minimum absolute atomic E-state index is 0.0732. The van der Waals surface area contributed by atoms with E-state index in [0.717, 1.165) is 37.4 Å². The second-order valence-electron chi connectivity index (χ2n) is 9.52. The van der Waals surface area contributed by atoms with Crippen LogP contribution in [0.1, 0.15) is 42.1 Å². The molecule has 5 rings (SSSR count). The monoisotopic (exact) mass is 528 g/mol. The molecule has 3 heterocycles. The van der Waals surface area contributed by atoms with Gasteiger partial charge in [0.15, 0.2) is 5.43 Å². The van der Waals surface area contributed by atoms with Gasteiger partial charge in [0.05, 0.1) is 11.1 Å². The van der Waals surface area contributed by atoms with E-state index in [4.69, 9.17) is 11.6 Å². The van der Waals surface area contributed by atoms with E-state index in [1.54, 1.807) is 36.7 Å². The zero-order valence-electron chi connectivity index (χ0n) is 21.2. The van der Waals surface area contributed by atoms with E-state index in [0.29, 0.717) is 39.3 Å². The highest BCUT2D eigenvalue weighted by molar-refractivity contribution is 6.31. The highest BCUT2D eigenvalue weighted by Gasteiger charge is 2.24. The Balaban J connectivity index is 1.31. The fraction of sp³-hybridized carbons (Fsp3) is 0.267. The summed E-state index contributed by atoms with van der Waals surface area (Å²) in [7, 11) is 0. The van der Waals surface area contributed by atoms with Crippen LogP contribution >= 0.6 is 11.6 Å². The summed E-state index contributed by atoms with van der Waals surface area (Å²) in [5.74, 6) is 0.955. The zero-order chi connectivity index (χ0) is 26.6. The summed E-state index contributed by atoms with van der Waals surface area (Å²) in [6.45, 7) is 3.53. The largest absolute Gasteiger partial charge is 0.357 e. The number of halogens is 1. The number of Topliss-reactive ketones (excluding diaryl/α,β-unsaturated/α-hetero) is 1. The number of benzene rings is 2. The van der Waals surface area contributed by atoms with Crippen LogP contribution in [0.4, 0.5) is 5.82 Å². The number of amides is 1. The van der Waals surface area contributed by atoms with Crippen molar-refractivity contribution in [2.75, 3.05) is 18.0 Å². The molecule has 1 aliphatic rings. The van der Waals surface area contributed by atoms with Crippen molar-refractivity contribution in [2.45, 2.75) is 32.7 Å². The minimum Gasteiger partial charge on any atom is -0.357 e. The Morgan fingerprint density at radius 3 is 2.50 bits per heavy atom. The molecule has 194 valence electrons. The standard InChI is InChI=1S/C30H29ClN4O3/c1-2-27(36)20-12-14-34(15-13-20)28-11-8-21(17-32-28)30(38)33-18-22-19-35(24-6-4-3-5-7-24)26-16-23(31)9-10-25(26)29(22)37/h3-11,16-17,19-20H,2,12-15,18H2,1H3,(H,33,38). The smallest absolute Gasteiger partial charge is 0.253 e. The number of carbonyl (C=O) groups is 2. The fourth-order valence-electron chi connectivity index (χ4n) is 4.99. The van der Waals surface area contributed by atoms with Crippen molar-refractivity contribution >= 4 is 40.0 Å². The molecule has 1 aliphatic heterocycles. The van der Waals surface area contributed by atoms with E-state index in [9.17, 15) is 14.4 Å². The van der Waals surface area contributed by atoms with Crippen LogP contribution in [0.3, 0.4) is 0 Å². The highest BCUT2D eigenvalue weighted by atomic mass is 35.5. The maximum atomic E-state index is 13.2. The predicted octanol–water partition coefficient (Wildman–Crippen LogP) is 5.16. The molecule has 0 aliphatic carbocycles. The second-order valence-corrected chi connectivity index (χ2v) is 9.96. The van der Waals surface area contributed by atoms with Crippen LogP contribution in [0.15, 0.2) is 77.9 Å². The Hall–Kier alpha value is -3.97. The van der Waals surface area contributed by atoms with Crippen molar-refractivity contribution < 1.29 is 9.59 Å². The summed E-state index contributed by atoms with van der Waals surface area (Å²) in [5.41, 5.74) is 2.32. The summed E-state index contributed by atoms with van der Waals surface area (Å²) >= 11 is 6.23. The summed E-state index contributed by atoms with van der Waals surface area (Å²) in [6.07, 6.45) is 5.55. The summed E-state index contributed by atoms with van der Waals surface area (Å²) < 4.78 is 1.91. The number of nitrogens with zero attached hydrogens (tertiary/aromatic N) is 3. The van der Waals surface area contributed by atoms with E-state index in [1.807, 2.05) is 47.9 Å². The van der Waals surface area contributed by atoms with Crippen LogP contribution in [0, 0.1) is 5.92 Å². The van der Waals surface area contributed by atoms with Crippen molar-refractivity contribution in [1.29, 1.82) is 0 Å². The van der Waals surface area contributed by atoms with Crippen LogP contribution in [0.5, 0.6) is 0 Å². The SMILES string of the molecule is CCC(=O)C1CCN(c2ccc(C(=O)NCc3cn(-c4ccccc4)c4cc(Cl)ccc4c3=O)cn2)CC1. The van der Waals surface area contributed by atoms with E-state index in [2.05, 4.69) is 15.2 Å². The first-order valence-electron chi connectivity index (χ1n) is 12.9. The lowest BCUT2D eigenvalue weighted by atomic mass is 9.91. The molecule has 1 N–H and O–H groups in total. The maximum absolute atomic E-state index is 13.2. The van der Waals surface area contributed by atoms with Gasteiger partial charge < -0.3 is 14.8 Å². The molecular formula is C30H29ClN4O3. The third kappa shape index (κ3) is 5.34. The summed E-state index contributed by atoms with van der Waals surface area (Å²) in [6, 6.07) is 18.4. The van der Waals surface area contributed by atoms with Gasteiger partial charge in [-0.15, -0.1) is 0 Å². The van der Waals surface area contributed by atoms with Crippen molar-refractivity contribution in [1.82, 2.24) is 14.9 Å². The van der Waals surface area contributed by atoms with E-state index >= 15 is 0 Å². The average Bonchev–Trinajstić information content (AvgIpc) is 2.97. The Bertz CT molecular complexity index is 1530. The lowest BCUT2D eigenvalue weighted by molar-refractivity contribution is -0.123. The van der Waals surface area contributed by atoms with Gasteiger partial charge in [-0.2, -0.15) is 0 Å². The lowest BCUT2D eigenvalue weighted by Gasteiger charge is -2.32. The number of pyridine rings is 2. The molecule has 0 saturated carbocycles. The van der Waals surface area contributed by atoms with Gasteiger partial charge in [0.25, 0.3) is 5.91 Å². The number of fused-ring (bicyclic) bond motifs is 1. The summed E-state index contributed by atoms with van der Waals surface area (Å²) in [4.78, 5) is 44.7. The van der Waals surface area contributed by atoms with E-state index in [-0.39, 0.29) is 23.8 Å². The van der Waals surface area contributed by atoms with Gasteiger partial charge in [-0.25, -0.2) is 4.98 Å². The number of nitrogens with one attached hydrogen (secondary N) is 1. The van der Waals surface area contributed by atoms with Crippen molar-refractivity contribution in [3.05, 3.63) is 99.4 Å². The molecule has 0 spiro atoms. The van der Waals surface area contributed by atoms with Gasteiger partial charge in [0.2, 0.25) is 0 Å². The Labute approximate surface area is 226 Å². The van der Waals surface area contributed by atoms with E-state index in [1.165, 1.54) is 0 Å². The third-order valence-electron chi connectivity index (χ3n) is 7.15. The molecule has 1 fully saturated rings.